The van der Waals surface area contributed by atoms with Gasteiger partial charge in [-0.3, -0.25) is 0 Å². The third-order valence-electron chi connectivity index (χ3n) is 3.73. The smallest absolute Gasteiger partial charge is 0.105 e. The summed E-state index contributed by atoms with van der Waals surface area (Å²) in [6, 6.07) is 11.2. The number of aromatic nitrogens is 2. The summed E-state index contributed by atoms with van der Waals surface area (Å²) in [5.41, 5.74) is 3.66. The second-order valence-corrected chi connectivity index (χ2v) is 6.70. The van der Waals surface area contributed by atoms with E-state index in [2.05, 4.69) is 48.1 Å². The van der Waals surface area contributed by atoms with Crippen molar-refractivity contribution < 1.29 is 0 Å². The maximum Gasteiger partial charge on any atom is 0.105 e. The first-order valence-corrected chi connectivity index (χ1v) is 8.78. The van der Waals surface area contributed by atoms with Gasteiger partial charge in [0, 0.05) is 18.2 Å². The van der Waals surface area contributed by atoms with Crippen LogP contribution in [-0.2, 0) is 6.54 Å². The standard InChI is InChI=1S/C17H23N3S/c1-3-11-21-17-16(12-18-14-9-10-14)13(2)19-20(17)15-7-5-4-6-8-15/h4-8,14,18H,3,9-12H2,1-2H3. The van der Waals surface area contributed by atoms with Gasteiger partial charge in [0.1, 0.15) is 5.03 Å². The number of nitrogens with one attached hydrogen (secondary N) is 1. The quantitative estimate of drug-likeness (QED) is 0.786. The van der Waals surface area contributed by atoms with Gasteiger partial charge < -0.3 is 5.32 Å². The van der Waals surface area contributed by atoms with E-state index < -0.39 is 0 Å². The van der Waals surface area contributed by atoms with Crippen LogP contribution < -0.4 is 5.32 Å². The Bertz CT molecular complexity index is 588. The lowest BCUT2D eigenvalue weighted by atomic mass is 10.2. The molecule has 112 valence electrons. The highest BCUT2D eigenvalue weighted by atomic mass is 32.2. The Hall–Kier alpha value is -1.26. The molecule has 0 saturated heterocycles. The molecule has 1 aliphatic carbocycles. The monoisotopic (exact) mass is 301 g/mol. The maximum atomic E-state index is 4.79. The third kappa shape index (κ3) is 3.50. The van der Waals surface area contributed by atoms with Gasteiger partial charge in [-0.2, -0.15) is 5.10 Å². The Morgan fingerprint density at radius 1 is 1.29 bits per heavy atom. The van der Waals surface area contributed by atoms with E-state index >= 15 is 0 Å². The van der Waals surface area contributed by atoms with E-state index in [4.69, 9.17) is 5.10 Å². The zero-order valence-electron chi connectivity index (χ0n) is 12.8. The molecule has 1 fully saturated rings. The highest BCUT2D eigenvalue weighted by Crippen LogP contribution is 2.30. The van der Waals surface area contributed by atoms with Crippen molar-refractivity contribution in [2.75, 3.05) is 5.75 Å². The summed E-state index contributed by atoms with van der Waals surface area (Å²) in [7, 11) is 0. The van der Waals surface area contributed by atoms with Gasteiger partial charge in [0.25, 0.3) is 0 Å². The largest absolute Gasteiger partial charge is 0.310 e. The van der Waals surface area contributed by atoms with Crippen molar-refractivity contribution in [3.05, 3.63) is 41.6 Å². The molecule has 0 unspecified atom stereocenters. The van der Waals surface area contributed by atoms with Crippen LogP contribution in [0.15, 0.2) is 35.4 Å². The highest BCUT2D eigenvalue weighted by molar-refractivity contribution is 7.99. The van der Waals surface area contributed by atoms with Crippen LogP contribution in [0, 0.1) is 6.92 Å². The van der Waals surface area contributed by atoms with Crippen LogP contribution in [0.25, 0.3) is 5.69 Å². The molecule has 0 spiro atoms. The fourth-order valence-electron chi connectivity index (χ4n) is 2.37. The summed E-state index contributed by atoms with van der Waals surface area (Å²) in [4.78, 5) is 0. The number of thioether (sulfide) groups is 1. The second-order valence-electron chi connectivity index (χ2n) is 5.62. The topological polar surface area (TPSA) is 29.9 Å². The molecule has 3 rings (SSSR count). The molecule has 1 N–H and O–H groups in total. The van der Waals surface area contributed by atoms with Crippen LogP contribution in [0.2, 0.25) is 0 Å². The summed E-state index contributed by atoms with van der Waals surface area (Å²) in [5.74, 6) is 1.13. The lowest BCUT2D eigenvalue weighted by Crippen LogP contribution is -2.16. The minimum absolute atomic E-state index is 0.730. The average Bonchev–Trinajstić information content (AvgIpc) is 3.28. The maximum absolute atomic E-state index is 4.79. The van der Waals surface area contributed by atoms with Crippen LogP contribution >= 0.6 is 11.8 Å². The van der Waals surface area contributed by atoms with E-state index in [1.165, 1.54) is 29.9 Å². The lowest BCUT2D eigenvalue weighted by Gasteiger charge is -2.09. The van der Waals surface area contributed by atoms with Gasteiger partial charge in [-0.15, -0.1) is 11.8 Å². The summed E-state index contributed by atoms with van der Waals surface area (Å²) < 4.78 is 2.11. The normalized spacial score (nSPS) is 14.6. The van der Waals surface area contributed by atoms with Gasteiger partial charge in [0.2, 0.25) is 0 Å². The number of nitrogens with zero attached hydrogens (tertiary/aromatic N) is 2. The van der Waals surface area contributed by atoms with Gasteiger partial charge in [-0.1, -0.05) is 25.1 Å². The van der Waals surface area contributed by atoms with Crippen molar-refractivity contribution in [3.63, 3.8) is 0 Å². The van der Waals surface area contributed by atoms with E-state index in [-0.39, 0.29) is 0 Å². The zero-order chi connectivity index (χ0) is 14.7. The van der Waals surface area contributed by atoms with Crippen molar-refractivity contribution in [2.45, 2.75) is 50.7 Å². The molecule has 0 amide bonds. The fourth-order valence-corrected chi connectivity index (χ4v) is 3.43. The fraction of sp³-hybridized carbons (Fsp3) is 0.471. The summed E-state index contributed by atoms with van der Waals surface area (Å²) in [6.07, 6.45) is 3.83. The third-order valence-corrected chi connectivity index (χ3v) is 5.03. The average molecular weight is 301 g/mol. The van der Waals surface area contributed by atoms with Gasteiger partial charge in [0.05, 0.1) is 11.4 Å². The molecule has 1 aromatic carbocycles. The van der Waals surface area contributed by atoms with Crippen LogP contribution in [0.5, 0.6) is 0 Å². The van der Waals surface area contributed by atoms with Crippen molar-refractivity contribution in [3.8, 4) is 5.69 Å². The van der Waals surface area contributed by atoms with E-state index in [9.17, 15) is 0 Å². The zero-order valence-corrected chi connectivity index (χ0v) is 13.6. The second kappa shape index (κ2) is 6.67. The molecule has 3 nitrogen and oxygen atoms in total. The molecule has 1 saturated carbocycles. The van der Waals surface area contributed by atoms with Crippen LogP contribution in [0.3, 0.4) is 0 Å². The number of aryl methyl sites for hydroxylation is 1. The lowest BCUT2D eigenvalue weighted by molar-refractivity contribution is 0.674. The van der Waals surface area contributed by atoms with Crippen molar-refractivity contribution in [1.29, 1.82) is 0 Å². The van der Waals surface area contributed by atoms with Crippen LogP contribution in [0.4, 0.5) is 0 Å². The predicted molar refractivity (Wildman–Crippen MR) is 89.2 cm³/mol. The van der Waals surface area contributed by atoms with Gasteiger partial charge in [-0.25, -0.2) is 4.68 Å². The molecule has 0 atom stereocenters. The van der Waals surface area contributed by atoms with Crippen molar-refractivity contribution >= 4 is 11.8 Å². The van der Waals surface area contributed by atoms with Crippen LogP contribution in [-0.4, -0.2) is 21.6 Å². The Kier molecular flexibility index (Phi) is 4.66. The number of benzene rings is 1. The first-order valence-electron chi connectivity index (χ1n) is 7.79. The van der Waals surface area contributed by atoms with Crippen molar-refractivity contribution in [1.82, 2.24) is 15.1 Å². The van der Waals surface area contributed by atoms with E-state index in [1.54, 1.807) is 0 Å². The summed E-state index contributed by atoms with van der Waals surface area (Å²) in [6.45, 7) is 5.29. The molecule has 0 bridgehead atoms. The molecule has 2 aromatic rings. The minimum Gasteiger partial charge on any atom is -0.310 e. The molecule has 4 heteroatoms. The molecule has 0 aliphatic heterocycles. The molecule has 1 aliphatic rings. The number of rotatable bonds is 7. The highest BCUT2D eigenvalue weighted by Gasteiger charge is 2.23. The van der Waals surface area contributed by atoms with E-state index in [0.717, 1.165) is 29.7 Å². The molecule has 1 aromatic heterocycles. The molecule has 0 radical (unpaired) electrons. The molecular weight excluding hydrogens is 278 g/mol. The molecular formula is C17H23N3S. The first kappa shape index (κ1) is 14.7. The minimum atomic E-state index is 0.730. The SMILES string of the molecule is CCCSc1c(CNC2CC2)c(C)nn1-c1ccccc1. The summed E-state index contributed by atoms with van der Waals surface area (Å²) in [5, 5.41) is 9.72. The molecule has 1 heterocycles. The van der Waals surface area contributed by atoms with Crippen molar-refractivity contribution in [2.24, 2.45) is 0 Å². The van der Waals surface area contributed by atoms with E-state index in [1.807, 2.05) is 17.8 Å². The van der Waals surface area contributed by atoms with Gasteiger partial charge in [0.15, 0.2) is 0 Å². The first-order chi connectivity index (χ1) is 10.3. The Labute approximate surface area is 131 Å². The number of hydrogen-bond acceptors (Lipinski definition) is 3. The Morgan fingerprint density at radius 2 is 2.05 bits per heavy atom. The number of hydrogen-bond donors (Lipinski definition) is 1. The Morgan fingerprint density at radius 3 is 2.71 bits per heavy atom. The Balaban J connectivity index is 1.91. The summed E-state index contributed by atoms with van der Waals surface area (Å²) >= 11 is 1.92. The van der Waals surface area contributed by atoms with E-state index in [0.29, 0.717) is 0 Å². The van der Waals surface area contributed by atoms with Crippen LogP contribution in [0.1, 0.15) is 37.4 Å². The predicted octanol–water partition coefficient (Wildman–Crippen LogP) is 3.93. The number of para-hydroxylation sites is 1. The van der Waals surface area contributed by atoms with Gasteiger partial charge >= 0.3 is 0 Å². The van der Waals surface area contributed by atoms with Gasteiger partial charge in [-0.05, 0) is 44.1 Å². The molecule has 21 heavy (non-hydrogen) atoms.